The van der Waals surface area contributed by atoms with E-state index in [-0.39, 0.29) is 25.2 Å². The van der Waals surface area contributed by atoms with E-state index in [4.69, 9.17) is 25.8 Å². The second-order valence-corrected chi connectivity index (χ2v) is 14.9. The molecule has 2 aromatic carbocycles. The van der Waals surface area contributed by atoms with Gasteiger partial charge >= 0.3 is 0 Å². The number of hydrogen-bond donors (Lipinski definition) is 0. The van der Waals surface area contributed by atoms with Gasteiger partial charge in [-0.25, -0.2) is 8.42 Å². The first-order valence-electron chi connectivity index (χ1n) is 16.3. The maximum absolute atomic E-state index is 13.9. The molecule has 0 unspecified atom stereocenters. The van der Waals surface area contributed by atoms with Crippen molar-refractivity contribution in [1.82, 2.24) is 14.1 Å². The van der Waals surface area contributed by atoms with Crippen molar-refractivity contribution < 1.29 is 27.4 Å². The van der Waals surface area contributed by atoms with Crippen LogP contribution in [0.5, 0.6) is 5.75 Å². The number of carbonyl (C=O) groups is 1. The lowest BCUT2D eigenvalue weighted by atomic mass is 9.84. The van der Waals surface area contributed by atoms with E-state index >= 15 is 0 Å². The topological polar surface area (TPSA) is 88.6 Å². The van der Waals surface area contributed by atoms with Crippen LogP contribution in [0.2, 0.25) is 5.02 Å². The summed E-state index contributed by atoms with van der Waals surface area (Å²) in [6, 6.07) is 11.1. The summed E-state index contributed by atoms with van der Waals surface area (Å²) in [5.74, 6) is 0.552. The Morgan fingerprint density at radius 2 is 1.67 bits per heavy atom. The van der Waals surface area contributed by atoms with Crippen LogP contribution in [0.15, 0.2) is 41.3 Å². The molecule has 248 valence electrons. The number of piperidine rings is 2. The van der Waals surface area contributed by atoms with E-state index in [1.165, 1.54) is 12.8 Å². The molecule has 3 aliphatic heterocycles. The van der Waals surface area contributed by atoms with Gasteiger partial charge in [-0.2, -0.15) is 4.31 Å². The molecule has 9 nitrogen and oxygen atoms in total. The van der Waals surface area contributed by atoms with Gasteiger partial charge in [-0.1, -0.05) is 30.2 Å². The Morgan fingerprint density at radius 1 is 0.978 bits per heavy atom. The third kappa shape index (κ3) is 8.03. The van der Waals surface area contributed by atoms with Crippen LogP contribution in [-0.2, 0) is 29.9 Å². The molecule has 0 radical (unpaired) electrons. The minimum Gasteiger partial charge on any atom is -0.497 e. The number of benzene rings is 2. The van der Waals surface area contributed by atoms with E-state index in [9.17, 15) is 13.2 Å². The lowest BCUT2D eigenvalue weighted by molar-refractivity contribution is -0.144. The Hall–Kier alpha value is -2.21. The molecule has 0 aromatic heterocycles. The Bertz CT molecular complexity index is 1400. The van der Waals surface area contributed by atoms with Crippen LogP contribution in [0, 0.1) is 13.8 Å². The second-order valence-electron chi connectivity index (χ2n) is 12.7. The highest BCUT2D eigenvalue weighted by atomic mass is 35.5. The highest BCUT2D eigenvalue weighted by molar-refractivity contribution is 7.89. The number of hydrogen-bond acceptors (Lipinski definition) is 7. The number of methoxy groups -OCH3 is 1. The van der Waals surface area contributed by atoms with E-state index in [0.717, 1.165) is 38.0 Å². The summed E-state index contributed by atoms with van der Waals surface area (Å²) < 4.78 is 47.2. The van der Waals surface area contributed by atoms with E-state index in [1.807, 2.05) is 23.1 Å². The average Bonchev–Trinajstić information content (AvgIpc) is 3.54. The van der Waals surface area contributed by atoms with Crippen LogP contribution >= 0.6 is 11.6 Å². The van der Waals surface area contributed by atoms with Crippen molar-refractivity contribution in [2.24, 2.45) is 0 Å². The first-order chi connectivity index (χ1) is 21.6. The molecule has 3 fully saturated rings. The summed E-state index contributed by atoms with van der Waals surface area (Å²) in [6.07, 6.45) is 6.25. The Labute approximate surface area is 273 Å². The van der Waals surface area contributed by atoms with Gasteiger partial charge in [0.1, 0.15) is 12.4 Å². The van der Waals surface area contributed by atoms with Crippen LogP contribution in [0.4, 0.5) is 0 Å². The highest BCUT2D eigenvalue weighted by Gasteiger charge is 2.39. The number of nitrogens with zero attached hydrogens (tertiary/aromatic N) is 3. The third-order valence-electron chi connectivity index (χ3n) is 9.60. The third-order valence-corrected chi connectivity index (χ3v) is 12.1. The molecule has 3 aliphatic rings. The fourth-order valence-electron chi connectivity index (χ4n) is 7.17. The van der Waals surface area contributed by atoms with Crippen LogP contribution < -0.4 is 4.74 Å². The predicted molar refractivity (Wildman–Crippen MR) is 175 cm³/mol. The highest BCUT2D eigenvalue weighted by Crippen LogP contribution is 2.38. The molecular weight excluding hydrogens is 614 g/mol. The van der Waals surface area contributed by atoms with Gasteiger partial charge in [0, 0.05) is 37.2 Å². The van der Waals surface area contributed by atoms with E-state index in [2.05, 4.69) is 11.0 Å². The lowest BCUT2D eigenvalue weighted by Crippen LogP contribution is -2.49. The normalized spacial score (nSPS) is 21.2. The number of likely N-dealkylation sites (tertiary alicyclic amines) is 2. The molecule has 1 amide bonds. The molecule has 5 rings (SSSR count). The van der Waals surface area contributed by atoms with E-state index < -0.39 is 15.6 Å². The lowest BCUT2D eigenvalue weighted by Gasteiger charge is -2.42. The fourth-order valence-corrected chi connectivity index (χ4v) is 9.45. The zero-order valence-electron chi connectivity index (χ0n) is 26.9. The van der Waals surface area contributed by atoms with Crippen molar-refractivity contribution >= 4 is 27.5 Å². The van der Waals surface area contributed by atoms with Crippen molar-refractivity contribution in [3.8, 4) is 5.75 Å². The maximum Gasteiger partial charge on any atom is 0.248 e. The van der Waals surface area contributed by atoms with Crippen molar-refractivity contribution in [2.75, 3.05) is 66.2 Å². The Kier molecular flexibility index (Phi) is 11.5. The molecule has 0 saturated carbocycles. The molecule has 1 atom stereocenters. The molecule has 0 N–H and O–H groups in total. The Morgan fingerprint density at radius 3 is 2.33 bits per heavy atom. The van der Waals surface area contributed by atoms with E-state index in [1.54, 1.807) is 37.4 Å². The van der Waals surface area contributed by atoms with Crippen molar-refractivity contribution in [1.29, 1.82) is 0 Å². The van der Waals surface area contributed by atoms with Crippen molar-refractivity contribution in [3.63, 3.8) is 0 Å². The molecule has 0 bridgehead atoms. The number of amides is 1. The Balaban J connectivity index is 1.18. The number of rotatable bonds is 12. The van der Waals surface area contributed by atoms with Gasteiger partial charge in [-0.3, -0.25) is 4.79 Å². The van der Waals surface area contributed by atoms with Crippen LogP contribution in [0.25, 0.3) is 0 Å². The molecule has 2 aromatic rings. The molecule has 3 heterocycles. The van der Waals surface area contributed by atoms with Gasteiger partial charge in [0.05, 0.1) is 30.8 Å². The summed E-state index contributed by atoms with van der Waals surface area (Å²) in [4.78, 5) is 17.9. The first kappa shape index (κ1) is 34.1. The van der Waals surface area contributed by atoms with Gasteiger partial charge in [0.2, 0.25) is 15.9 Å². The SMILES string of the molecule is COc1cc(C)c(S(=O)(=O)N2CCCC[C@H]2COCC(=O)N2CCC(OCCN3CCCC3)(c3cccc(Cl)c3)CC2)c(C)c1. The number of halogens is 1. The monoisotopic (exact) mass is 661 g/mol. The summed E-state index contributed by atoms with van der Waals surface area (Å²) in [7, 11) is -2.17. The molecule has 0 spiro atoms. The van der Waals surface area contributed by atoms with E-state index in [0.29, 0.717) is 72.3 Å². The molecule has 45 heavy (non-hydrogen) atoms. The van der Waals surface area contributed by atoms with Crippen LogP contribution in [0.1, 0.15) is 61.6 Å². The maximum atomic E-state index is 13.9. The number of sulfonamides is 1. The molecule has 3 saturated heterocycles. The number of aryl methyl sites for hydroxylation is 2. The van der Waals surface area contributed by atoms with Crippen molar-refractivity contribution in [3.05, 3.63) is 58.1 Å². The van der Waals surface area contributed by atoms with Gasteiger partial charge < -0.3 is 24.0 Å². The summed E-state index contributed by atoms with van der Waals surface area (Å²) in [5, 5.41) is 0.679. The van der Waals surface area contributed by atoms with Gasteiger partial charge in [0.15, 0.2) is 0 Å². The zero-order valence-corrected chi connectivity index (χ0v) is 28.5. The molecular formula is C34H48ClN3O6S. The molecule has 0 aliphatic carbocycles. The van der Waals surface area contributed by atoms with Gasteiger partial charge in [0.25, 0.3) is 0 Å². The smallest absolute Gasteiger partial charge is 0.248 e. The molecule has 11 heteroatoms. The largest absolute Gasteiger partial charge is 0.497 e. The standard InChI is InChI=1S/C34H48ClN3O6S/c1-26-21-31(42-3)22-27(2)33(26)45(40,41)38-16-5-4-11-30(38)24-43-25-32(39)37-17-12-34(13-18-37,28-9-8-10-29(35)23-28)44-20-19-36-14-6-7-15-36/h8-10,21-23,30H,4-7,11-20,24-25H2,1-3H3/t30-/m0/s1. The van der Waals surface area contributed by atoms with Gasteiger partial charge in [-0.05, 0) is 106 Å². The zero-order chi connectivity index (χ0) is 32.0. The first-order valence-corrected chi connectivity index (χ1v) is 18.1. The average molecular weight is 662 g/mol. The van der Waals surface area contributed by atoms with Gasteiger partial charge in [-0.15, -0.1) is 0 Å². The minimum absolute atomic E-state index is 0.0784. The number of carbonyl (C=O) groups excluding carboxylic acids is 1. The van der Waals surface area contributed by atoms with Crippen molar-refractivity contribution in [2.45, 2.75) is 75.3 Å². The summed E-state index contributed by atoms with van der Waals surface area (Å²) in [5.41, 5.74) is 1.88. The minimum atomic E-state index is -3.75. The van der Waals surface area contributed by atoms with Crippen LogP contribution in [-0.4, -0.2) is 101 Å². The quantitative estimate of drug-likeness (QED) is 0.311. The second kappa shape index (κ2) is 15.1. The predicted octanol–water partition coefficient (Wildman–Crippen LogP) is 5.16. The fraction of sp³-hybridized carbons (Fsp3) is 0.618. The summed E-state index contributed by atoms with van der Waals surface area (Å²) >= 11 is 6.37. The number of ether oxygens (including phenoxy) is 3. The summed E-state index contributed by atoms with van der Waals surface area (Å²) in [6.45, 7) is 9.04. The van der Waals surface area contributed by atoms with Crippen LogP contribution in [0.3, 0.4) is 0 Å².